The maximum absolute atomic E-state index is 8.96. The van der Waals surface area contributed by atoms with E-state index in [4.69, 9.17) is 16.7 Å². The number of thioether (sulfide) groups is 1. The van der Waals surface area contributed by atoms with Crippen molar-refractivity contribution in [3.63, 3.8) is 0 Å². The van der Waals surface area contributed by atoms with Gasteiger partial charge < -0.3 is 5.11 Å². The lowest BCUT2D eigenvalue weighted by Gasteiger charge is -1.98. The molecule has 3 nitrogen and oxygen atoms in total. The van der Waals surface area contributed by atoms with Crippen LogP contribution in [-0.2, 0) is 6.42 Å². The van der Waals surface area contributed by atoms with Crippen LogP contribution in [0, 0.1) is 0 Å². The van der Waals surface area contributed by atoms with Crippen molar-refractivity contribution in [1.82, 2.24) is 9.97 Å². The Hall–Kier alpha value is -0.480. The van der Waals surface area contributed by atoms with Crippen molar-refractivity contribution in [3.8, 4) is 6.01 Å². The molecule has 0 aromatic carbocycles. The minimum absolute atomic E-state index is 0.226. The van der Waals surface area contributed by atoms with E-state index in [1.165, 1.54) is 0 Å². The molecule has 1 N–H and O–H groups in total. The Morgan fingerprint density at radius 3 is 3.09 bits per heavy atom. The molecule has 0 saturated heterocycles. The van der Waals surface area contributed by atoms with Gasteiger partial charge in [0.1, 0.15) is 5.15 Å². The van der Waals surface area contributed by atoms with Crippen molar-refractivity contribution in [2.24, 2.45) is 0 Å². The summed E-state index contributed by atoms with van der Waals surface area (Å²) in [7, 11) is 0. The van der Waals surface area contributed by atoms with E-state index >= 15 is 0 Å². The molecule has 0 saturated carbocycles. The number of fused-ring (bicyclic) bond motifs is 1. The first-order chi connectivity index (χ1) is 5.27. The van der Waals surface area contributed by atoms with E-state index in [1.54, 1.807) is 11.8 Å². The monoisotopic (exact) mass is 188 g/mol. The van der Waals surface area contributed by atoms with Crippen molar-refractivity contribution >= 4 is 23.4 Å². The van der Waals surface area contributed by atoms with Crippen LogP contribution < -0.4 is 0 Å². The minimum Gasteiger partial charge on any atom is -0.479 e. The van der Waals surface area contributed by atoms with Crippen LogP contribution in [0.25, 0.3) is 0 Å². The van der Waals surface area contributed by atoms with Crippen molar-refractivity contribution in [2.45, 2.75) is 11.3 Å². The van der Waals surface area contributed by atoms with E-state index in [1.807, 2.05) is 0 Å². The molecular formula is C6H5ClN2OS. The summed E-state index contributed by atoms with van der Waals surface area (Å²) in [6.07, 6.45) is 0.871. The Balaban J connectivity index is 2.60. The Morgan fingerprint density at radius 2 is 2.27 bits per heavy atom. The second-order valence-electron chi connectivity index (χ2n) is 2.19. The van der Waals surface area contributed by atoms with Crippen LogP contribution in [0.5, 0.6) is 6.01 Å². The first-order valence-corrected chi connectivity index (χ1v) is 4.52. The summed E-state index contributed by atoms with van der Waals surface area (Å²) in [5.41, 5.74) is 0.868. The van der Waals surface area contributed by atoms with Crippen LogP contribution in [0.1, 0.15) is 5.69 Å². The molecule has 0 atom stereocenters. The van der Waals surface area contributed by atoms with E-state index in [2.05, 4.69) is 9.97 Å². The highest BCUT2D eigenvalue weighted by molar-refractivity contribution is 7.99. The third-order valence-electron chi connectivity index (χ3n) is 1.47. The van der Waals surface area contributed by atoms with Crippen LogP contribution in [-0.4, -0.2) is 20.8 Å². The topological polar surface area (TPSA) is 46.0 Å². The second kappa shape index (κ2) is 2.53. The maximum Gasteiger partial charge on any atom is 0.315 e. The number of aromatic hydroxyl groups is 1. The molecular weight excluding hydrogens is 184 g/mol. The Morgan fingerprint density at radius 1 is 1.45 bits per heavy atom. The van der Waals surface area contributed by atoms with Crippen LogP contribution >= 0.6 is 23.4 Å². The molecule has 1 aliphatic heterocycles. The van der Waals surface area contributed by atoms with E-state index in [-0.39, 0.29) is 6.01 Å². The van der Waals surface area contributed by atoms with Gasteiger partial charge >= 0.3 is 6.01 Å². The number of nitrogens with zero attached hydrogens (tertiary/aromatic N) is 2. The molecule has 0 spiro atoms. The summed E-state index contributed by atoms with van der Waals surface area (Å²) >= 11 is 7.38. The van der Waals surface area contributed by atoms with Gasteiger partial charge in [-0.25, -0.2) is 0 Å². The predicted octanol–water partition coefficient (Wildman–Crippen LogP) is 1.48. The van der Waals surface area contributed by atoms with Gasteiger partial charge in [-0.2, -0.15) is 9.97 Å². The first kappa shape index (κ1) is 7.18. The van der Waals surface area contributed by atoms with Gasteiger partial charge in [0.05, 0.1) is 10.6 Å². The zero-order chi connectivity index (χ0) is 7.84. The molecule has 2 heterocycles. The van der Waals surface area contributed by atoms with Gasteiger partial charge in [0.25, 0.3) is 0 Å². The van der Waals surface area contributed by atoms with Gasteiger partial charge in [-0.1, -0.05) is 11.6 Å². The molecule has 0 amide bonds. The molecule has 0 unspecified atom stereocenters. The van der Waals surface area contributed by atoms with Gasteiger partial charge in [-0.05, 0) is 0 Å². The number of rotatable bonds is 0. The number of hydrogen-bond acceptors (Lipinski definition) is 4. The third kappa shape index (κ3) is 1.16. The molecule has 2 rings (SSSR count). The summed E-state index contributed by atoms with van der Waals surface area (Å²) in [6.45, 7) is 0. The van der Waals surface area contributed by atoms with E-state index in [0.717, 1.165) is 22.8 Å². The number of halogens is 1. The standard InChI is InChI=1S/C6H5ClN2OS/c7-5-4-3(1-2-11-4)8-6(10)9-5/h1-2H2,(H,8,9,10). The van der Waals surface area contributed by atoms with Crippen molar-refractivity contribution in [3.05, 3.63) is 10.8 Å². The zero-order valence-corrected chi connectivity index (χ0v) is 7.11. The largest absolute Gasteiger partial charge is 0.479 e. The maximum atomic E-state index is 8.96. The van der Waals surface area contributed by atoms with Crippen molar-refractivity contribution in [2.75, 3.05) is 5.75 Å². The molecule has 1 aliphatic rings. The van der Waals surface area contributed by atoms with Gasteiger partial charge in [0.2, 0.25) is 0 Å². The average molecular weight is 189 g/mol. The Bertz CT molecular complexity index is 305. The molecule has 0 aliphatic carbocycles. The van der Waals surface area contributed by atoms with Crippen molar-refractivity contribution in [1.29, 1.82) is 0 Å². The summed E-state index contributed by atoms with van der Waals surface area (Å²) < 4.78 is 0. The molecule has 5 heteroatoms. The summed E-state index contributed by atoms with van der Waals surface area (Å²) in [5, 5.41) is 9.33. The SMILES string of the molecule is Oc1nc(Cl)c2c(n1)CCS2. The van der Waals surface area contributed by atoms with Gasteiger partial charge in [0, 0.05) is 12.2 Å². The Kier molecular flexibility index (Phi) is 1.65. The summed E-state index contributed by atoms with van der Waals surface area (Å²) in [5.74, 6) is 0.979. The normalized spacial score (nSPS) is 15.0. The van der Waals surface area contributed by atoms with Gasteiger partial charge in [0.15, 0.2) is 0 Å². The van der Waals surface area contributed by atoms with Crippen LogP contribution in [0.15, 0.2) is 4.90 Å². The highest BCUT2D eigenvalue weighted by atomic mass is 35.5. The first-order valence-electron chi connectivity index (χ1n) is 3.15. The fraction of sp³-hybridized carbons (Fsp3) is 0.333. The quantitative estimate of drug-likeness (QED) is 0.627. The number of aryl methyl sites for hydroxylation is 1. The molecule has 1 aromatic heterocycles. The highest BCUT2D eigenvalue weighted by Gasteiger charge is 2.18. The lowest BCUT2D eigenvalue weighted by Crippen LogP contribution is -1.90. The zero-order valence-electron chi connectivity index (χ0n) is 5.54. The molecule has 0 bridgehead atoms. The number of aromatic nitrogens is 2. The van der Waals surface area contributed by atoms with Gasteiger partial charge in [-0.15, -0.1) is 11.8 Å². The van der Waals surface area contributed by atoms with Crippen LogP contribution in [0.2, 0.25) is 5.15 Å². The van der Waals surface area contributed by atoms with Crippen LogP contribution in [0.3, 0.4) is 0 Å². The molecule has 1 aromatic rings. The summed E-state index contributed by atoms with van der Waals surface area (Å²) in [6, 6.07) is -0.226. The summed E-state index contributed by atoms with van der Waals surface area (Å²) in [4.78, 5) is 8.41. The molecule has 0 radical (unpaired) electrons. The smallest absolute Gasteiger partial charge is 0.315 e. The lowest BCUT2D eigenvalue weighted by atomic mass is 10.3. The average Bonchev–Trinajstić information content (AvgIpc) is 2.34. The van der Waals surface area contributed by atoms with Crippen LogP contribution in [0.4, 0.5) is 0 Å². The minimum atomic E-state index is -0.226. The highest BCUT2D eigenvalue weighted by Crippen LogP contribution is 2.35. The lowest BCUT2D eigenvalue weighted by molar-refractivity contribution is 0.426. The fourth-order valence-electron chi connectivity index (χ4n) is 1.02. The third-order valence-corrected chi connectivity index (χ3v) is 2.98. The fourth-order valence-corrected chi connectivity index (χ4v) is 2.34. The van der Waals surface area contributed by atoms with E-state index < -0.39 is 0 Å². The molecule has 58 valence electrons. The number of hydrogen-bond donors (Lipinski definition) is 1. The predicted molar refractivity (Wildman–Crippen MR) is 43.1 cm³/mol. The van der Waals surface area contributed by atoms with E-state index in [0.29, 0.717) is 5.15 Å². The van der Waals surface area contributed by atoms with Crippen molar-refractivity contribution < 1.29 is 5.11 Å². The molecule has 0 fully saturated rings. The molecule has 11 heavy (non-hydrogen) atoms. The van der Waals surface area contributed by atoms with Gasteiger partial charge in [-0.3, -0.25) is 0 Å². The second-order valence-corrected chi connectivity index (χ2v) is 3.65. The Labute approximate surface area is 72.8 Å². The van der Waals surface area contributed by atoms with E-state index in [9.17, 15) is 0 Å².